The molecule has 0 bridgehead atoms. The fraction of sp³-hybridized carbons (Fsp3) is 0.136. The largest absolute Gasteiger partial charge is 0.322 e. The lowest BCUT2D eigenvalue weighted by Crippen LogP contribution is -2.36. The lowest BCUT2D eigenvalue weighted by atomic mass is 10.2. The van der Waals surface area contributed by atoms with Gasteiger partial charge in [0.1, 0.15) is 6.54 Å². The van der Waals surface area contributed by atoms with Crippen molar-refractivity contribution in [1.29, 1.82) is 0 Å². The van der Waals surface area contributed by atoms with Crippen LogP contribution in [0.3, 0.4) is 0 Å². The molecule has 2 heterocycles. The van der Waals surface area contributed by atoms with Crippen LogP contribution in [0.25, 0.3) is 10.2 Å². The topological polar surface area (TPSA) is 108 Å². The van der Waals surface area contributed by atoms with E-state index in [-0.39, 0.29) is 4.91 Å². The van der Waals surface area contributed by atoms with Gasteiger partial charge in [-0.05, 0) is 55.4 Å². The lowest BCUT2D eigenvalue weighted by molar-refractivity contribution is -0.127. The van der Waals surface area contributed by atoms with Gasteiger partial charge in [-0.1, -0.05) is 35.1 Å². The van der Waals surface area contributed by atoms with E-state index in [1.165, 1.54) is 11.3 Å². The number of aromatic nitrogens is 1. The molecule has 0 spiro atoms. The van der Waals surface area contributed by atoms with Gasteiger partial charge in [0.15, 0.2) is 5.13 Å². The number of benzene rings is 2. The molecule has 0 aliphatic carbocycles. The normalized spacial score (nSPS) is 14.9. The number of aryl methyl sites for hydroxylation is 2. The predicted molar refractivity (Wildman–Crippen MR) is 126 cm³/mol. The van der Waals surface area contributed by atoms with Gasteiger partial charge in [0, 0.05) is 11.8 Å². The predicted octanol–water partition coefficient (Wildman–Crippen LogP) is 4.07. The quantitative estimate of drug-likeness (QED) is 0.549. The molecule has 8 nitrogen and oxygen atoms in total. The van der Waals surface area contributed by atoms with Gasteiger partial charge in [0.2, 0.25) is 11.8 Å². The van der Waals surface area contributed by atoms with Crippen LogP contribution >= 0.6 is 23.1 Å². The molecule has 0 atom stereocenters. The summed E-state index contributed by atoms with van der Waals surface area (Å²) in [6.45, 7) is 3.43. The van der Waals surface area contributed by atoms with Crippen molar-refractivity contribution in [3.63, 3.8) is 0 Å². The minimum absolute atomic E-state index is 0.0390. The highest BCUT2D eigenvalue weighted by atomic mass is 32.2. The van der Waals surface area contributed by atoms with Crippen LogP contribution in [-0.4, -0.2) is 39.4 Å². The summed E-state index contributed by atoms with van der Waals surface area (Å²) in [4.78, 5) is 54.5. The van der Waals surface area contributed by atoms with Crippen molar-refractivity contribution >= 4 is 67.1 Å². The molecule has 0 radical (unpaired) electrons. The summed E-state index contributed by atoms with van der Waals surface area (Å²) in [6.07, 6.45) is 1.07. The molecule has 4 amide bonds. The fourth-order valence-corrected chi connectivity index (χ4v) is 4.75. The number of hydrogen-bond donors (Lipinski definition) is 2. The van der Waals surface area contributed by atoms with E-state index in [0.29, 0.717) is 22.6 Å². The van der Waals surface area contributed by atoms with Gasteiger partial charge in [-0.2, -0.15) is 0 Å². The van der Waals surface area contributed by atoms with E-state index in [2.05, 4.69) is 15.6 Å². The number of nitrogens with one attached hydrogen (secondary N) is 2. The zero-order chi connectivity index (χ0) is 22.8. The monoisotopic (exact) mass is 466 g/mol. The van der Waals surface area contributed by atoms with Crippen LogP contribution in [0, 0.1) is 13.8 Å². The summed E-state index contributed by atoms with van der Waals surface area (Å²) in [7, 11) is 0. The maximum Gasteiger partial charge on any atom is 0.294 e. The molecule has 10 heteroatoms. The Morgan fingerprint density at radius 1 is 1.03 bits per heavy atom. The summed E-state index contributed by atoms with van der Waals surface area (Å²) >= 11 is 1.93. The van der Waals surface area contributed by atoms with E-state index < -0.39 is 29.5 Å². The van der Waals surface area contributed by atoms with Gasteiger partial charge in [0.25, 0.3) is 11.1 Å². The molecule has 32 heavy (non-hydrogen) atoms. The van der Waals surface area contributed by atoms with E-state index in [1.807, 2.05) is 44.2 Å². The molecule has 1 aliphatic heterocycles. The van der Waals surface area contributed by atoms with Crippen molar-refractivity contribution in [2.24, 2.45) is 0 Å². The van der Waals surface area contributed by atoms with Crippen LogP contribution in [0.1, 0.15) is 11.1 Å². The first-order valence-electron chi connectivity index (χ1n) is 9.58. The average Bonchev–Trinajstić information content (AvgIpc) is 3.24. The maximum absolute atomic E-state index is 12.6. The van der Waals surface area contributed by atoms with Crippen LogP contribution < -0.4 is 10.6 Å². The minimum atomic E-state index is -0.686. The maximum atomic E-state index is 12.6. The molecule has 1 aromatic heterocycles. The number of rotatable bonds is 5. The SMILES string of the molecule is Cc1ccc(NC(=O)/C=C2\SC(=O)N(CC(=O)Nc3nc4ccc(C)cc4s3)C2=O)cc1. The number of imide groups is 1. The molecule has 0 unspecified atom stereocenters. The number of nitrogens with zero attached hydrogens (tertiary/aromatic N) is 2. The smallest absolute Gasteiger partial charge is 0.294 e. The second-order valence-corrected chi connectivity index (χ2v) is 9.19. The van der Waals surface area contributed by atoms with Gasteiger partial charge >= 0.3 is 0 Å². The van der Waals surface area contributed by atoms with Crippen molar-refractivity contribution in [3.05, 3.63) is 64.6 Å². The summed E-state index contributed by atoms with van der Waals surface area (Å²) in [5.74, 6) is -1.77. The summed E-state index contributed by atoms with van der Waals surface area (Å²) < 4.78 is 0.925. The Bertz CT molecular complexity index is 1280. The Morgan fingerprint density at radius 3 is 2.50 bits per heavy atom. The third-order valence-corrected chi connectivity index (χ3v) is 6.39. The highest BCUT2D eigenvalue weighted by Gasteiger charge is 2.36. The minimum Gasteiger partial charge on any atom is -0.322 e. The number of carbonyl (C=O) groups excluding carboxylic acids is 4. The number of hydrogen-bond acceptors (Lipinski definition) is 7. The van der Waals surface area contributed by atoms with Gasteiger partial charge in [-0.25, -0.2) is 4.98 Å². The average molecular weight is 467 g/mol. The van der Waals surface area contributed by atoms with E-state index in [1.54, 1.807) is 12.1 Å². The second kappa shape index (κ2) is 8.93. The zero-order valence-electron chi connectivity index (χ0n) is 17.2. The second-order valence-electron chi connectivity index (χ2n) is 7.16. The van der Waals surface area contributed by atoms with Crippen molar-refractivity contribution in [2.45, 2.75) is 13.8 Å². The van der Waals surface area contributed by atoms with Crippen LogP contribution in [0.2, 0.25) is 0 Å². The number of amides is 4. The first kappa shape index (κ1) is 21.7. The van der Waals surface area contributed by atoms with Crippen LogP contribution in [0.15, 0.2) is 53.4 Å². The number of thioether (sulfide) groups is 1. The molecule has 1 aliphatic rings. The highest BCUT2D eigenvalue weighted by Crippen LogP contribution is 2.31. The van der Waals surface area contributed by atoms with E-state index in [9.17, 15) is 19.2 Å². The number of thiazole rings is 1. The van der Waals surface area contributed by atoms with Gasteiger partial charge in [-0.3, -0.25) is 24.1 Å². The lowest BCUT2D eigenvalue weighted by Gasteiger charge is -2.11. The standard InChI is InChI=1S/C22H18N4O4S2/c1-12-3-6-14(7-4-12)23-18(27)10-17-20(29)26(22(30)32-17)11-19(28)25-21-24-15-8-5-13(2)9-16(15)31-21/h3-10H,11H2,1-2H3,(H,23,27)(H,24,25,28)/b17-10-. The van der Waals surface area contributed by atoms with Crippen LogP contribution in [-0.2, 0) is 14.4 Å². The van der Waals surface area contributed by atoms with Crippen LogP contribution in [0.5, 0.6) is 0 Å². The van der Waals surface area contributed by atoms with Gasteiger partial charge < -0.3 is 10.6 Å². The molecule has 0 saturated carbocycles. The Balaban J connectivity index is 1.39. The molecule has 2 aromatic carbocycles. The zero-order valence-corrected chi connectivity index (χ0v) is 18.8. The molecular formula is C22H18N4O4S2. The van der Waals surface area contributed by atoms with Crippen molar-refractivity contribution in [1.82, 2.24) is 9.88 Å². The summed E-state index contributed by atoms with van der Waals surface area (Å²) in [5.41, 5.74) is 3.45. The van der Waals surface area contributed by atoms with Gasteiger partial charge in [0.05, 0.1) is 15.1 Å². The van der Waals surface area contributed by atoms with Crippen molar-refractivity contribution in [2.75, 3.05) is 17.2 Å². The number of carbonyl (C=O) groups is 4. The van der Waals surface area contributed by atoms with E-state index >= 15 is 0 Å². The molecule has 4 rings (SSSR count). The Morgan fingerprint density at radius 2 is 1.75 bits per heavy atom. The highest BCUT2D eigenvalue weighted by molar-refractivity contribution is 8.18. The molecule has 2 N–H and O–H groups in total. The van der Waals surface area contributed by atoms with E-state index in [0.717, 1.165) is 32.3 Å². The third kappa shape index (κ3) is 4.87. The Kier molecular flexibility index (Phi) is 6.06. The molecule has 162 valence electrons. The molecule has 1 fully saturated rings. The molecule has 1 saturated heterocycles. The summed E-state index contributed by atoms with van der Waals surface area (Å²) in [6, 6.07) is 12.9. The first-order valence-corrected chi connectivity index (χ1v) is 11.2. The van der Waals surface area contributed by atoms with E-state index in [4.69, 9.17) is 0 Å². The van der Waals surface area contributed by atoms with Gasteiger partial charge in [-0.15, -0.1) is 0 Å². The summed E-state index contributed by atoms with van der Waals surface area (Å²) in [5, 5.41) is 5.04. The third-order valence-electron chi connectivity index (χ3n) is 4.55. The van der Waals surface area contributed by atoms with Crippen LogP contribution in [0.4, 0.5) is 15.6 Å². The first-order chi connectivity index (χ1) is 15.3. The Labute approximate surface area is 191 Å². The number of anilines is 2. The fourth-order valence-electron chi connectivity index (χ4n) is 2.96. The van der Waals surface area contributed by atoms with Crippen molar-refractivity contribution < 1.29 is 19.2 Å². The van der Waals surface area contributed by atoms with Crippen molar-refractivity contribution in [3.8, 4) is 0 Å². The number of fused-ring (bicyclic) bond motifs is 1. The molecular weight excluding hydrogens is 448 g/mol. The Hall–Kier alpha value is -3.50. The molecule has 3 aromatic rings.